The summed E-state index contributed by atoms with van der Waals surface area (Å²) in [5, 5.41) is 0. The second-order valence-corrected chi connectivity index (χ2v) is 3.89. The van der Waals surface area contributed by atoms with Gasteiger partial charge in [-0.15, -0.1) is 0 Å². The molecule has 2 nitrogen and oxygen atoms in total. The van der Waals surface area contributed by atoms with E-state index in [0.717, 1.165) is 26.0 Å². The SMILES string of the molecule is FC(F)CN1CCC[C@H]2COC[C@H]21. The van der Waals surface area contributed by atoms with Crippen LogP contribution in [0, 0.1) is 5.92 Å². The van der Waals surface area contributed by atoms with Crippen molar-refractivity contribution in [1.29, 1.82) is 0 Å². The Balaban J connectivity index is 1.93. The normalized spacial score (nSPS) is 35.3. The van der Waals surface area contributed by atoms with Crippen LogP contribution in [0.4, 0.5) is 8.78 Å². The van der Waals surface area contributed by atoms with E-state index in [1.54, 1.807) is 0 Å². The van der Waals surface area contributed by atoms with Crippen molar-refractivity contribution < 1.29 is 13.5 Å². The molecule has 0 aromatic rings. The highest BCUT2D eigenvalue weighted by Crippen LogP contribution is 2.29. The smallest absolute Gasteiger partial charge is 0.251 e. The molecule has 2 saturated heterocycles. The number of ether oxygens (including phenoxy) is 1. The maximum absolute atomic E-state index is 12.2. The van der Waals surface area contributed by atoms with Gasteiger partial charge < -0.3 is 4.74 Å². The van der Waals surface area contributed by atoms with Crippen molar-refractivity contribution >= 4 is 0 Å². The molecular weight excluding hydrogens is 176 g/mol. The zero-order valence-electron chi connectivity index (χ0n) is 7.59. The van der Waals surface area contributed by atoms with Crippen molar-refractivity contribution in [3.63, 3.8) is 0 Å². The molecule has 2 heterocycles. The van der Waals surface area contributed by atoms with Crippen molar-refractivity contribution in [2.45, 2.75) is 25.3 Å². The lowest BCUT2D eigenvalue weighted by Gasteiger charge is -2.35. The molecule has 0 aromatic carbocycles. The molecule has 0 bridgehead atoms. The van der Waals surface area contributed by atoms with Gasteiger partial charge in [-0.25, -0.2) is 8.78 Å². The Hall–Kier alpha value is -0.220. The number of alkyl halides is 2. The molecule has 0 aromatic heterocycles. The van der Waals surface area contributed by atoms with Crippen molar-refractivity contribution in [2.75, 3.05) is 26.3 Å². The van der Waals surface area contributed by atoms with Crippen molar-refractivity contribution in [3.05, 3.63) is 0 Å². The topological polar surface area (TPSA) is 12.5 Å². The van der Waals surface area contributed by atoms with Crippen LogP contribution in [0.5, 0.6) is 0 Å². The van der Waals surface area contributed by atoms with Crippen molar-refractivity contribution in [1.82, 2.24) is 4.90 Å². The lowest BCUT2D eigenvalue weighted by Crippen LogP contribution is -2.46. The van der Waals surface area contributed by atoms with Gasteiger partial charge in [0.25, 0.3) is 6.43 Å². The van der Waals surface area contributed by atoms with E-state index in [9.17, 15) is 8.78 Å². The van der Waals surface area contributed by atoms with Gasteiger partial charge in [0.1, 0.15) is 0 Å². The van der Waals surface area contributed by atoms with E-state index in [4.69, 9.17) is 4.74 Å². The number of hydrogen-bond acceptors (Lipinski definition) is 2. The molecule has 0 saturated carbocycles. The summed E-state index contributed by atoms with van der Waals surface area (Å²) in [6, 6.07) is 0.266. The number of hydrogen-bond donors (Lipinski definition) is 0. The van der Waals surface area contributed by atoms with Gasteiger partial charge in [0.05, 0.1) is 19.8 Å². The highest BCUT2D eigenvalue weighted by Gasteiger charge is 2.36. The average molecular weight is 191 g/mol. The third kappa shape index (κ3) is 1.99. The summed E-state index contributed by atoms with van der Waals surface area (Å²) in [4.78, 5) is 1.89. The largest absolute Gasteiger partial charge is 0.379 e. The molecule has 2 rings (SSSR count). The molecule has 0 N–H and O–H groups in total. The Morgan fingerprint density at radius 2 is 2.23 bits per heavy atom. The molecule has 2 atom stereocenters. The molecule has 0 unspecified atom stereocenters. The molecule has 2 fully saturated rings. The highest BCUT2D eigenvalue weighted by atomic mass is 19.3. The van der Waals surface area contributed by atoms with E-state index in [0.29, 0.717) is 12.5 Å². The highest BCUT2D eigenvalue weighted by molar-refractivity contribution is 4.87. The Bertz CT molecular complexity index is 177. The Kier molecular flexibility index (Phi) is 2.79. The summed E-state index contributed by atoms with van der Waals surface area (Å²) in [5.74, 6) is 0.507. The van der Waals surface area contributed by atoms with Gasteiger partial charge in [0.15, 0.2) is 0 Å². The van der Waals surface area contributed by atoms with Gasteiger partial charge >= 0.3 is 0 Å². The lowest BCUT2D eigenvalue weighted by atomic mass is 9.92. The minimum Gasteiger partial charge on any atom is -0.379 e. The molecule has 0 radical (unpaired) electrons. The molecule has 2 aliphatic rings. The summed E-state index contributed by atoms with van der Waals surface area (Å²) in [6.07, 6.45) is -0.0267. The molecule has 0 amide bonds. The Labute approximate surface area is 76.9 Å². The fraction of sp³-hybridized carbons (Fsp3) is 1.00. The molecule has 4 heteroatoms. The Morgan fingerprint density at radius 3 is 3.00 bits per heavy atom. The number of fused-ring (bicyclic) bond motifs is 1. The second-order valence-electron chi connectivity index (χ2n) is 3.89. The van der Waals surface area contributed by atoms with Crippen LogP contribution in [0.25, 0.3) is 0 Å². The zero-order chi connectivity index (χ0) is 9.26. The van der Waals surface area contributed by atoms with Gasteiger partial charge in [-0.05, 0) is 19.4 Å². The second kappa shape index (κ2) is 3.88. The first kappa shape index (κ1) is 9.34. The summed E-state index contributed by atoms with van der Waals surface area (Å²) in [6.45, 7) is 2.15. The van der Waals surface area contributed by atoms with E-state index in [1.165, 1.54) is 0 Å². The third-order valence-corrected chi connectivity index (χ3v) is 3.03. The van der Waals surface area contributed by atoms with Gasteiger partial charge in [-0.1, -0.05) is 0 Å². The van der Waals surface area contributed by atoms with E-state index in [-0.39, 0.29) is 12.6 Å². The van der Waals surface area contributed by atoms with E-state index in [1.807, 2.05) is 4.90 Å². The van der Waals surface area contributed by atoms with Gasteiger partial charge in [0.2, 0.25) is 0 Å². The predicted molar refractivity (Wildman–Crippen MR) is 44.9 cm³/mol. The number of piperidine rings is 1. The fourth-order valence-corrected chi connectivity index (χ4v) is 2.39. The van der Waals surface area contributed by atoms with Gasteiger partial charge in [-0.2, -0.15) is 0 Å². The van der Waals surface area contributed by atoms with E-state index >= 15 is 0 Å². The fourth-order valence-electron chi connectivity index (χ4n) is 2.39. The zero-order valence-corrected chi connectivity index (χ0v) is 7.59. The molecule has 0 spiro atoms. The number of rotatable bonds is 2. The predicted octanol–water partition coefficient (Wildman–Crippen LogP) is 1.36. The van der Waals surface area contributed by atoms with Gasteiger partial charge in [-0.3, -0.25) is 4.90 Å². The van der Waals surface area contributed by atoms with Crippen LogP contribution in [-0.2, 0) is 4.74 Å². The van der Waals surface area contributed by atoms with Crippen molar-refractivity contribution in [3.8, 4) is 0 Å². The number of likely N-dealkylation sites (tertiary alicyclic amines) is 1. The third-order valence-electron chi connectivity index (χ3n) is 3.03. The average Bonchev–Trinajstić information content (AvgIpc) is 2.51. The van der Waals surface area contributed by atoms with Crippen LogP contribution in [0.15, 0.2) is 0 Å². The van der Waals surface area contributed by atoms with Crippen LogP contribution >= 0.6 is 0 Å². The minimum absolute atomic E-state index is 0.0788. The summed E-state index contributed by atoms with van der Waals surface area (Å²) in [7, 11) is 0. The summed E-state index contributed by atoms with van der Waals surface area (Å²) < 4.78 is 29.7. The Morgan fingerprint density at radius 1 is 1.38 bits per heavy atom. The van der Waals surface area contributed by atoms with E-state index in [2.05, 4.69) is 0 Å². The molecule has 0 aliphatic carbocycles. The van der Waals surface area contributed by atoms with Crippen molar-refractivity contribution in [2.24, 2.45) is 5.92 Å². The number of halogens is 2. The van der Waals surface area contributed by atoms with Crippen LogP contribution in [0.1, 0.15) is 12.8 Å². The van der Waals surface area contributed by atoms with Crippen LogP contribution in [0.3, 0.4) is 0 Å². The standard InChI is InChI=1S/C9H15F2NO/c10-9(11)4-12-3-1-2-7-5-13-6-8(7)12/h7-9H,1-6H2/t7-,8+/m0/s1. The molecule has 13 heavy (non-hydrogen) atoms. The van der Waals surface area contributed by atoms with Crippen LogP contribution < -0.4 is 0 Å². The summed E-state index contributed by atoms with van der Waals surface area (Å²) in [5.41, 5.74) is 0. The van der Waals surface area contributed by atoms with Crippen LogP contribution in [0.2, 0.25) is 0 Å². The first-order chi connectivity index (χ1) is 6.27. The lowest BCUT2D eigenvalue weighted by molar-refractivity contribution is 0.0379. The monoisotopic (exact) mass is 191 g/mol. The molecule has 2 aliphatic heterocycles. The van der Waals surface area contributed by atoms with Crippen LogP contribution in [-0.4, -0.2) is 43.7 Å². The first-order valence-electron chi connectivity index (χ1n) is 4.87. The minimum atomic E-state index is -2.21. The maximum atomic E-state index is 12.2. The maximum Gasteiger partial charge on any atom is 0.251 e. The summed E-state index contributed by atoms with van der Waals surface area (Å²) >= 11 is 0. The van der Waals surface area contributed by atoms with E-state index < -0.39 is 6.43 Å². The quantitative estimate of drug-likeness (QED) is 0.653. The molecular formula is C9H15F2NO. The van der Waals surface area contributed by atoms with Gasteiger partial charge in [0, 0.05) is 12.0 Å². The number of nitrogens with zero attached hydrogens (tertiary/aromatic N) is 1. The molecule has 76 valence electrons. The first-order valence-corrected chi connectivity index (χ1v) is 4.87.